The summed E-state index contributed by atoms with van der Waals surface area (Å²) in [6.07, 6.45) is 3.61. The Morgan fingerprint density at radius 3 is 3.00 bits per heavy atom. The minimum Gasteiger partial charge on any atom is -0.329 e. The number of piperidine rings is 1. The molecule has 4 heteroatoms. The summed E-state index contributed by atoms with van der Waals surface area (Å²) in [6, 6.07) is 0.683. The maximum Gasteiger partial charge on any atom is 0.320 e. The zero-order chi connectivity index (χ0) is 9.26. The third kappa shape index (κ3) is 1.50. The van der Waals surface area contributed by atoms with Crippen LogP contribution >= 0.6 is 0 Å². The SMILES string of the molecule is NCCN1CC2CCCCN2C1=O. The molecule has 1 atom stereocenters. The number of urea groups is 1. The van der Waals surface area contributed by atoms with Gasteiger partial charge in [-0.05, 0) is 19.3 Å². The van der Waals surface area contributed by atoms with Crippen LogP contribution in [0.1, 0.15) is 19.3 Å². The Morgan fingerprint density at radius 1 is 1.46 bits per heavy atom. The third-order valence-corrected chi connectivity index (χ3v) is 2.97. The van der Waals surface area contributed by atoms with E-state index < -0.39 is 0 Å². The van der Waals surface area contributed by atoms with Crippen LogP contribution in [0.2, 0.25) is 0 Å². The van der Waals surface area contributed by atoms with Crippen molar-refractivity contribution in [1.82, 2.24) is 9.80 Å². The molecule has 2 fully saturated rings. The van der Waals surface area contributed by atoms with E-state index in [9.17, 15) is 4.79 Å². The first-order chi connectivity index (χ1) is 6.33. The second-order valence-corrected chi connectivity index (χ2v) is 3.86. The van der Waals surface area contributed by atoms with E-state index in [1.807, 2.05) is 9.80 Å². The first kappa shape index (κ1) is 8.81. The average molecular weight is 183 g/mol. The highest BCUT2D eigenvalue weighted by Crippen LogP contribution is 2.24. The highest BCUT2D eigenvalue weighted by molar-refractivity contribution is 5.77. The first-order valence-corrected chi connectivity index (χ1v) is 5.08. The average Bonchev–Trinajstić information content (AvgIpc) is 2.46. The molecule has 74 valence electrons. The van der Waals surface area contributed by atoms with E-state index in [1.165, 1.54) is 19.3 Å². The Balaban J connectivity index is 2.01. The van der Waals surface area contributed by atoms with E-state index in [4.69, 9.17) is 5.73 Å². The number of carbonyl (C=O) groups is 1. The van der Waals surface area contributed by atoms with Gasteiger partial charge >= 0.3 is 6.03 Å². The lowest BCUT2D eigenvalue weighted by Crippen LogP contribution is -2.39. The third-order valence-electron chi connectivity index (χ3n) is 2.97. The summed E-state index contributed by atoms with van der Waals surface area (Å²) in [5.41, 5.74) is 5.45. The van der Waals surface area contributed by atoms with Gasteiger partial charge in [0.25, 0.3) is 0 Å². The monoisotopic (exact) mass is 183 g/mol. The molecule has 2 aliphatic rings. The lowest BCUT2D eigenvalue weighted by molar-refractivity contribution is 0.176. The van der Waals surface area contributed by atoms with Gasteiger partial charge in [0.15, 0.2) is 0 Å². The Morgan fingerprint density at radius 2 is 2.31 bits per heavy atom. The highest BCUT2D eigenvalue weighted by atomic mass is 16.2. The smallest absolute Gasteiger partial charge is 0.320 e. The van der Waals surface area contributed by atoms with E-state index in [2.05, 4.69) is 0 Å². The molecule has 0 aromatic carbocycles. The molecule has 0 bridgehead atoms. The molecule has 0 aromatic heterocycles. The number of rotatable bonds is 2. The molecule has 2 heterocycles. The van der Waals surface area contributed by atoms with Gasteiger partial charge in [0.1, 0.15) is 0 Å². The Labute approximate surface area is 78.7 Å². The molecule has 13 heavy (non-hydrogen) atoms. The molecule has 4 nitrogen and oxygen atoms in total. The minimum absolute atomic E-state index is 0.204. The quantitative estimate of drug-likeness (QED) is 0.666. The summed E-state index contributed by atoms with van der Waals surface area (Å²) in [5.74, 6) is 0. The van der Waals surface area contributed by atoms with Crippen molar-refractivity contribution in [2.45, 2.75) is 25.3 Å². The lowest BCUT2D eigenvalue weighted by Gasteiger charge is -2.27. The fourth-order valence-corrected chi connectivity index (χ4v) is 2.30. The van der Waals surface area contributed by atoms with Gasteiger partial charge < -0.3 is 15.5 Å². The molecule has 0 aromatic rings. The van der Waals surface area contributed by atoms with E-state index in [0.29, 0.717) is 19.1 Å². The second kappa shape index (κ2) is 3.54. The molecule has 2 amide bonds. The zero-order valence-corrected chi connectivity index (χ0v) is 7.91. The maximum atomic E-state index is 11.7. The van der Waals surface area contributed by atoms with Crippen molar-refractivity contribution in [1.29, 1.82) is 0 Å². The molecule has 1 unspecified atom stereocenters. The fourth-order valence-electron chi connectivity index (χ4n) is 2.30. The molecule has 0 spiro atoms. The molecular weight excluding hydrogens is 166 g/mol. The normalized spacial score (nSPS) is 28.1. The van der Waals surface area contributed by atoms with E-state index in [-0.39, 0.29) is 6.03 Å². The number of hydrogen-bond donors (Lipinski definition) is 1. The second-order valence-electron chi connectivity index (χ2n) is 3.86. The lowest BCUT2D eigenvalue weighted by atomic mass is 10.0. The number of hydrogen-bond acceptors (Lipinski definition) is 2. The predicted molar refractivity (Wildman–Crippen MR) is 50.4 cm³/mol. The summed E-state index contributed by atoms with van der Waals surface area (Å²) in [5, 5.41) is 0. The van der Waals surface area contributed by atoms with Crippen LogP contribution < -0.4 is 5.73 Å². The molecule has 0 saturated carbocycles. The fraction of sp³-hybridized carbons (Fsp3) is 0.889. The van der Waals surface area contributed by atoms with Crippen LogP contribution in [0.25, 0.3) is 0 Å². The van der Waals surface area contributed by atoms with Crippen molar-refractivity contribution in [2.75, 3.05) is 26.2 Å². The predicted octanol–water partition coefficient (Wildman–Crippen LogP) is 0.235. The molecule has 2 aliphatic heterocycles. The summed E-state index contributed by atoms with van der Waals surface area (Å²) in [4.78, 5) is 15.6. The van der Waals surface area contributed by atoms with Gasteiger partial charge in [-0.25, -0.2) is 4.79 Å². The highest BCUT2D eigenvalue weighted by Gasteiger charge is 2.37. The van der Waals surface area contributed by atoms with Gasteiger partial charge in [-0.2, -0.15) is 0 Å². The maximum absolute atomic E-state index is 11.7. The van der Waals surface area contributed by atoms with Crippen molar-refractivity contribution in [3.05, 3.63) is 0 Å². The molecule has 2 N–H and O–H groups in total. The molecular formula is C9H17N3O. The zero-order valence-electron chi connectivity index (χ0n) is 7.91. The minimum atomic E-state index is 0.204. The van der Waals surface area contributed by atoms with Gasteiger partial charge in [0.05, 0.1) is 6.04 Å². The van der Waals surface area contributed by atoms with Crippen molar-refractivity contribution in [3.63, 3.8) is 0 Å². The Kier molecular flexibility index (Phi) is 2.40. The van der Waals surface area contributed by atoms with Crippen molar-refractivity contribution < 1.29 is 4.79 Å². The molecule has 2 saturated heterocycles. The summed E-state index contributed by atoms with van der Waals surface area (Å²) in [6.45, 7) is 3.14. The summed E-state index contributed by atoms with van der Waals surface area (Å²) >= 11 is 0. The van der Waals surface area contributed by atoms with Crippen LogP contribution in [0.3, 0.4) is 0 Å². The van der Waals surface area contributed by atoms with Crippen molar-refractivity contribution >= 4 is 6.03 Å². The van der Waals surface area contributed by atoms with E-state index in [0.717, 1.165) is 13.1 Å². The number of amides is 2. The van der Waals surface area contributed by atoms with Gasteiger partial charge in [-0.15, -0.1) is 0 Å². The number of nitrogens with two attached hydrogens (primary N) is 1. The number of nitrogens with zero attached hydrogens (tertiary/aromatic N) is 2. The van der Waals surface area contributed by atoms with Gasteiger partial charge in [-0.1, -0.05) is 0 Å². The van der Waals surface area contributed by atoms with Crippen LogP contribution in [0.5, 0.6) is 0 Å². The molecule has 2 rings (SSSR count). The largest absolute Gasteiger partial charge is 0.329 e. The summed E-state index contributed by atoms with van der Waals surface area (Å²) < 4.78 is 0. The van der Waals surface area contributed by atoms with Crippen molar-refractivity contribution in [3.8, 4) is 0 Å². The first-order valence-electron chi connectivity index (χ1n) is 5.08. The van der Waals surface area contributed by atoms with E-state index in [1.54, 1.807) is 0 Å². The Hall–Kier alpha value is -0.770. The van der Waals surface area contributed by atoms with E-state index >= 15 is 0 Å². The van der Waals surface area contributed by atoms with Gasteiger partial charge in [-0.3, -0.25) is 0 Å². The molecule has 0 radical (unpaired) electrons. The Bertz CT molecular complexity index is 207. The van der Waals surface area contributed by atoms with Crippen LogP contribution in [0.15, 0.2) is 0 Å². The number of carbonyl (C=O) groups excluding carboxylic acids is 1. The van der Waals surface area contributed by atoms with Gasteiger partial charge in [0.2, 0.25) is 0 Å². The van der Waals surface area contributed by atoms with Crippen LogP contribution in [-0.4, -0.2) is 48.1 Å². The molecule has 0 aliphatic carbocycles. The van der Waals surface area contributed by atoms with Crippen LogP contribution in [0.4, 0.5) is 4.79 Å². The number of fused-ring (bicyclic) bond motifs is 1. The van der Waals surface area contributed by atoms with Crippen LogP contribution in [0, 0.1) is 0 Å². The standard InChI is InChI=1S/C9H17N3O/c10-4-6-11-7-8-3-1-2-5-12(8)9(11)13/h8H,1-7,10H2. The summed E-state index contributed by atoms with van der Waals surface area (Å²) in [7, 11) is 0. The van der Waals surface area contributed by atoms with Crippen LogP contribution in [-0.2, 0) is 0 Å². The van der Waals surface area contributed by atoms with Crippen molar-refractivity contribution in [2.24, 2.45) is 5.73 Å². The topological polar surface area (TPSA) is 49.6 Å². The van der Waals surface area contributed by atoms with Gasteiger partial charge in [0, 0.05) is 26.2 Å².